The molecule has 2 aromatic carbocycles. The van der Waals surface area contributed by atoms with Crippen LogP contribution in [-0.4, -0.2) is 46.7 Å². The van der Waals surface area contributed by atoms with E-state index in [0.29, 0.717) is 5.92 Å². The Morgan fingerprint density at radius 1 is 1.05 bits per heavy atom. The van der Waals surface area contributed by atoms with Crippen LogP contribution in [0.3, 0.4) is 0 Å². The fourth-order valence-corrected chi connectivity index (χ4v) is 5.62. The van der Waals surface area contributed by atoms with E-state index in [1.165, 1.54) is 52.1 Å². The zero-order valence-electron chi connectivity index (χ0n) is 24.8. The molecule has 1 saturated heterocycles. The molecular formula is C31H44B2NO4. The van der Waals surface area contributed by atoms with Crippen LogP contribution in [0.15, 0.2) is 30.3 Å². The van der Waals surface area contributed by atoms with Crippen molar-refractivity contribution in [1.29, 1.82) is 0 Å². The third kappa shape index (κ3) is 4.64. The van der Waals surface area contributed by atoms with Crippen molar-refractivity contribution < 1.29 is 19.1 Å². The highest BCUT2D eigenvalue weighted by Gasteiger charge is 2.52. The minimum atomic E-state index is -0.964. The van der Waals surface area contributed by atoms with E-state index in [9.17, 15) is 5.11 Å². The molecule has 38 heavy (non-hydrogen) atoms. The van der Waals surface area contributed by atoms with Gasteiger partial charge in [0.25, 0.3) is 0 Å². The van der Waals surface area contributed by atoms with Crippen molar-refractivity contribution in [2.24, 2.45) is 5.92 Å². The van der Waals surface area contributed by atoms with E-state index in [1.807, 2.05) is 13.8 Å². The normalized spacial score (nSPS) is 21.0. The quantitative estimate of drug-likeness (QED) is 0.415. The average molecular weight is 516 g/mol. The van der Waals surface area contributed by atoms with Crippen molar-refractivity contribution in [1.82, 2.24) is 4.57 Å². The number of aliphatic hydroxyl groups is 1. The highest BCUT2D eigenvalue weighted by Crippen LogP contribution is 2.40. The molecule has 5 nitrogen and oxygen atoms in total. The van der Waals surface area contributed by atoms with Crippen molar-refractivity contribution in [3.05, 3.63) is 35.9 Å². The Morgan fingerprint density at radius 2 is 1.71 bits per heavy atom. The van der Waals surface area contributed by atoms with Crippen molar-refractivity contribution >= 4 is 47.3 Å². The Balaban J connectivity index is 1.59. The lowest BCUT2D eigenvalue weighted by atomic mass is 9.72. The minimum absolute atomic E-state index is 0.364. The Bertz CT molecular complexity index is 1340. The topological polar surface area (TPSA) is 52.9 Å². The molecule has 3 aromatic rings. The third-order valence-corrected chi connectivity index (χ3v) is 9.56. The molecular weight excluding hydrogens is 472 g/mol. The highest BCUT2D eigenvalue weighted by atomic mass is 16.7. The standard InChI is InChI=1S/C31H44B2NO4/c1-10-11-12-20-17-24-25(33-37-30(6,7)31(8,9)38-33)16-15-23-22-14-13-21(18-26(22)34(19-20)27(23)24)32-36-29(4,5)28(2,3)35/h13-16,18,20,35H,10-12,17,19H2,1-9H3. The largest absolute Gasteiger partial charge is 0.495 e. The maximum Gasteiger partial charge on any atom is 0.495 e. The molecule has 1 aromatic heterocycles. The first-order valence-corrected chi connectivity index (χ1v) is 14.3. The van der Waals surface area contributed by atoms with Gasteiger partial charge < -0.3 is 23.6 Å². The van der Waals surface area contributed by atoms with Crippen molar-refractivity contribution in [2.75, 3.05) is 0 Å². The second kappa shape index (κ2) is 9.40. The Morgan fingerprint density at radius 3 is 2.34 bits per heavy atom. The van der Waals surface area contributed by atoms with Gasteiger partial charge in [-0.05, 0) is 91.2 Å². The van der Waals surface area contributed by atoms with E-state index < -0.39 is 11.2 Å². The molecule has 0 aliphatic carbocycles. The summed E-state index contributed by atoms with van der Waals surface area (Å²) in [5.41, 5.74) is 3.66. The first-order valence-electron chi connectivity index (χ1n) is 14.3. The number of nitrogens with zero attached hydrogens (tertiary/aromatic N) is 1. The van der Waals surface area contributed by atoms with E-state index in [-0.39, 0.29) is 18.3 Å². The van der Waals surface area contributed by atoms with Crippen LogP contribution in [0.5, 0.6) is 0 Å². The molecule has 203 valence electrons. The molecule has 1 radical (unpaired) electrons. The first-order chi connectivity index (χ1) is 17.6. The van der Waals surface area contributed by atoms with E-state index in [4.69, 9.17) is 14.0 Å². The molecule has 3 heterocycles. The fraction of sp³-hybridized carbons (Fsp3) is 0.613. The zero-order chi connectivity index (χ0) is 27.7. The molecule has 0 spiro atoms. The summed E-state index contributed by atoms with van der Waals surface area (Å²) in [7, 11) is 1.42. The van der Waals surface area contributed by atoms with Crippen LogP contribution < -0.4 is 10.9 Å². The van der Waals surface area contributed by atoms with Crippen LogP contribution in [-0.2, 0) is 26.9 Å². The Labute approximate surface area is 229 Å². The summed E-state index contributed by atoms with van der Waals surface area (Å²) in [5.74, 6) is 0.572. The molecule has 0 amide bonds. The molecule has 2 aliphatic rings. The van der Waals surface area contributed by atoms with Gasteiger partial charge >= 0.3 is 14.6 Å². The summed E-state index contributed by atoms with van der Waals surface area (Å²) < 4.78 is 21.7. The lowest BCUT2D eigenvalue weighted by Gasteiger charge is -2.37. The summed E-state index contributed by atoms with van der Waals surface area (Å²) in [5, 5.41) is 13.1. The van der Waals surface area contributed by atoms with Gasteiger partial charge in [0, 0.05) is 22.8 Å². The predicted molar refractivity (Wildman–Crippen MR) is 159 cm³/mol. The second-order valence-corrected chi connectivity index (χ2v) is 13.5. The Hall–Kier alpha value is -1.79. The van der Waals surface area contributed by atoms with E-state index >= 15 is 0 Å². The molecule has 0 bridgehead atoms. The number of fused-ring (bicyclic) bond motifs is 3. The molecule has 1 N–H and O–H groups in total. The maximum absolute atomic E-state index is 10.5. The van der Waals surface area contributed by atoms with Crippen LogP contribution in [0.4, 0.5) is 0 Å². The van der Waals surface area contributed by atoms with Crippen LogP contribution in [0.25, 0.3) is 21.8 Å². The van der Waals surface area contributed by atoms with Gasteiger partial charge in [-0.1, -0.05) is 49.5 Å². The van der Waals surface area contributed by atoms with Gasteiger partial charge in [-0.25, -0.2) is 0 Å². The SMILES string of the molecule is CCCCC1Cc2c(B3OC(C)(C)C(C)(C)O3)ccc3c4ccc([B]OC(C)(C)C(C)(C)O)cc4n(c23)C1. The molecule has 1 fully saturated rings. The predicted octanol–water partition coefficient (Wildman–Crippen LogP) is 5.27. The lowest BCUT2D eigenvalue weighted by molar-refractivity contribution is -0.0893. The van der Waals surface area contributed by atoms with Gasteiger partial charge in [0.15, 0.2) is 0 Å². The van der Waals surface area contributed by atoms with Gasteiger partial charge in [-0.3, -0.25) is 0 Å². The summed E-state index contributed by atoms with van der Waals surface area (Å²) in [4.78, 5) is 0. The molecule has 2 aliphatic heterocycles. The summed E-state index contributed by atoms with van der Waals surface area (Å²) in [6.07, 6.45) is 4.70. The number of unbranched alkanes of at least 4 members (excludes halogenated alkanes) is 1. The van der Waals surface area contributed by atoms with Gasteiger partial charge in [0.1, 0.15) is 0 Å². The lowest BCUT2D eigenvalue weighted by Crippen LogP contribution is -2.49. The summed E-state index contributed by atoms with van der Waals surface area (Å²) >= 11 is 0. The van der Waals surface area contributed by atoms with Gasteiger partial charge in [0.05, 0.1) is 27.9 Å². The van der Waals surface area contributed by atoms with E-state index in [2.05, 4.69) is 69.5 Å². The van der Waals surface area contributed by atoms with Crippen LogP contribution >= 0.6 is 0 Å². The van der Waals surface area contributed by atoms with Crippen LogP contribution in [0, 0.1) is 5.92 Å². The average Bonchev–Trinajstić information content (AvgIpc) is 3.25. The smallest absolute Gasteiger partial charge is 0.427 e. The van der Waals surface area contributed by atoms with Gasteiger partial charge in [0.2, 0.25) is 0 Å². The maximum atomic E-state index is 10.5. The molecule has 7 heteroatoms. The molecule has 1 atom stereocenters. The monoisotopic (exact) mass is 516 g/mol. The van der Waals surface area contributed by atoms with Crippen LogP contribution in [0.2, 0.25) is 0 Å². The van der Waals surface area contributed by atoms with Gasteiger partial charge in [-0.15, -0.1) is 0 Å². The summed E-state index contributed by atoms with van der Waals surface area (Å²) in [6.45, 7) is 19.2. The number of aromatic nitrogens is 1. The zero-order valence-corrected chi connectivity index (χ0v) is 24.8. The third-order valence-electron chi connectivity index (χ3n) is 9.56. The minimum Gasteiger partial charge on any atom is -0.427 e. The second-order valence-electron chi connectivity index (χ2n) is 13.5. The van der Waals surface area contributed by atoms with Gasteiger partial charge in [-0.2, -0.15) is 0 Å². The fourth-order valence-electron chi connectivity index (χ4n) is 5.62. The molecule has 5 rings (SSSR count). The Kier molecular flexibility index (Phi) is 6.87. The van der Waals surface area contributed by atoms with Crippen molar-refractivity contribution in [3.63, 3.8) is 0 Å². The molecule has 0 saturated carbocycles. The molecule has 1 unspecified atom stereocenters. The van der Waals surface area contributed by atoms with Crippen LogP contribution in [0.1, 0.15) is 87.1 Å². The number of rotatable bonds is 8. The first kappa shape index (κ1) is 27.8. The van der Waals surface area contributed by atoms with E-state index in [1.54, 1.807) is 21.3 Å². The summed E-state index contributed by atoms with van der Waals surface area (Å²) in [6, 6.07) is 11.0. The van der Waals surface area contributed by atoms with Crippen molar-refractivity contribution in [3.8, 4) is 0 Å². The number of hydrogen-bond acceptors (Lipinski definition) is 4. The van der Waals surface area contributed by atoms with Crippen molar-refractivity contribution in [2.45, 2.75) is 117 Å². The van der Waals surface area contributed by atoms with E-state index in [0.717, 1.165) is 18.4 Å². The number of benzene rings is 2. The highest BCUT2D eigenvalue weighted by molar-refractivity contribution is 6.63. The number of hydrogen-bond donors (Lipinski definition) is 1.